The average molecular weight is 372 g/mol. The first-order chi connectivity index (χ1) is 12.6. The minimum Gasteiger partial charge on any atom is -0.338 e. The molecule has 6 heteroatoms. The minimum atomic E-state index is -0.295. The fourth-order valence-corrected chi connectivity index (χ4v) is 3.19. The van der Waals surface area contributed by atoms with Crippen molar-refractivity contribution in [3.05, 3.63) is 64.7 Å². The van der Waals surface area contributed by atoms with Gasteiger partial charge in [0.2, 0.25) is 5.91 Å². The molecule has 1 heterocycles. The summed E-state index contributed by atoms with van der Waals surface area (Å²) in [6, 6.07) is 14.7. The van der Waals surface area contributed by atoms with Gasteiger partial charge in [-0.05, 0) is 42.2 Å². The van der Waals surface area contributed by atoms with Gasteiger partial charge in [0, 0.05) is 36.8 Å². The Morgan fingerprint density at radius 2 is 1.96 bits per heavy atom. The molecule has 0 aliphatic carbocycles. The Bertz CT molecular complexity index is 794. The number of carbonyl (C=O) groups is 2. The number of piperidine rings is 1. The molecular formula is C20H22ClN3O2. The van der Waals surface area contributed by atoms with Crippen molar-refractivity contribution >= 4 is 29.2 Å². The van der Waals surface area contributed by atoms with Crippen molar-refractivity contribution in [1.82, 2.24) is 10.2 Å². The Kier molecular flexibility index (Phi) is 6.12. The maximum Gasteiger partial charge on any atom is 0.319 e. The summed E-state index contributed by atoms with van der Waals surface area (Å²) in [5.41, 5.74) is 2.56. The van der Waals surface area contributed by atoms with Crippen LogP contribution in [-0.4, -0.2) is 23.4 Å². The zero-order chi connectivity index (χ0) is 18.4. The van der Waals surface area contributed by atoms with Gasteiger partial charge in [0.1, 0.15) is 0 Å². The molecule has 1 saturated heterocycles. The van der Waals surface area contributed by atoms with Crippen LogP contribution in [0.25, 0.3) is 0 Å². The van der Waals surface area contributed by atoms with Crippen molar-refractivity contribution in [1.29, 1.82) is 0 Å². The van der Waals surface area contributed by atoms with Crippen LogP contribution < -0.4 is 10.6 Å². The van der Waals surface area contributed by atoms with E-state index in [1.165, 1.54) is 0 Å². The summed E-state index contributed by atoms with van der Waals surface area (Å²) in [6.45, 7) is 1.73. The van der Waals surface area contributed by atoms with Gasteiger partial charge < -0.3 is 15.5 Å². The number of amides is 3. The first kappa shape index (κ1) is 18.3. The van der Waals surface area contributed by atoms with Gasteiger partial charge in [-0.3, -0.25) is 4.79 Å². The van der Waals surface area contributed by atoms with Gasteiger partial charge in [0.15, 0.2) is 0 Å². The fraction of sp³-hybridized carbons (Fsp3) is 0.300. The minimum absolute atomic E-state index is 0.201. The number of nitrogens with zero attached hydrogens (tertiary/aromatic N) is 1. The van der Waals surface area contributed by atoms with E-state index in [9.17, 15) is 9.59 Å². The van der Waals surface area contributed by atoms with Crippen molar-refractivity contribution in [3.8, 4) is 0 Å². The molecule has 0 saturated carbocycles. The molecule has 1 aliphatic rings. The summed E-state index contributed by atoms with van der Waals surface area (Å²) in [5.74, 6) is 0.201. The lowest BCUT2D eigenvalue weighted by molar-refractivity contribution is -0.133. The van der Waals surface area contributed by atoms with Crippen molar-refractivity contribution in [2.24, 2.45) is 0 Å². The molecule has 3 amide bonds. The second-order valence-corrected chi connectivity index (χ2v) is 6.78. The highest BCUT2D eigenvalue weighted by Gasteiger charge is 2.18. The second kappa shape index (κ2) is 8.72. The van der Waals surface area contributed by atoms with Crippen molar-refractivity contribution in [2.75, 3.05) is 11.9 Å². The van der Waals surface area contributed by atoms with E-state index in [0.717, 1.165) is 30.5 Å². The lowest BCUT2D eigenvalue weighted by atomic mass is 10.1. The molecule has 2 aromatic rings. The van der Waals surface area contributed by atoms with Crippen LogP contribution in [-0.2, 0) is 17.9 Å². The molecule has 0 aromatic heterocycles. The molecule has 2 N–H and O–H groups in total. The van der Waals surface area contributed by atoms with Crippen molar-refractivity contribution in [3.63, 3.8) is 0 Å². The van der Waals surface area contributed by atoms with Crippen molar-refractivity contribution in [2.45, 2.75) is 32.4 Å². The lowest BCUT2D eigenvalue weighted by Crippen LogP contribution is -2.34. The van der Waals surface area contributed by atoms with E-state index in [1.54, 1.807) is 6.07 Å². The summed E-state index contributed by atoms with van der Waals surface area (Å²) in [7, 11) is 0. The quantitative estimate of drug-likeness (QED) is 0.828. The Hall–Kier alpha value is -2.53. The standard InChI is InChI=1S/C20H22ClN3O2/c21-18-9-2-1-7-16(18)13-22-20(26)23-17-8-5-6-15(12-17)14-24-11-4-3-10-19(24)25/h1-2,5-9,12H,3-4,10-11,13-14H2,(H2,22,23,26). The number of likely N-dealkylation sites (tertiary alicyclic amines) is 1. The summed E-state index contributed by atoms with van der Waals surface area (Å²) < 4.78 is 0. The van der Waals surface area contributed by atoms with Crippen LogP contribution >= 0.6 is 11.6 Å². The van der Waals surface area contributed by atoms with Crippen LogP contribution in [0.15, 0.2) is 48.5 Å². The van der Waals surface area contributed by atoms with E-state index in [-0.39, 0.29) is 11.9 Å². The lowest BCUT2D eigenvalue weighted by Gasteiger charge is -2.26. The molecule has 1 aliphatic heterocycles. The molecule has 1 fully saturated rings. The van der Waals surface area contributed by atoms with Crippen LogP contribution in [0.5, 0.6) is 0 Å². The number of nitrogens with one attached hydrogen (secondary N) is 2. The molecule has 0 radical (unpaired) electrons. The molecule has 2 aromatic carbocycles. The monoisotopic (exact) mass is 371 g/mol. The van der Waals surface area contributed by atoms with E-state index in [2.05, 4.69) is 10.6 Å². The number of hydrogen-bond acceptors (Lipinski definition) is 2. The van der Waals surface area contributed by atoms with Crippen LogP contribution in [0, 0.1) is 0 Å². The Morgan fingerprint density at radius 3 is 2.77 bits per heavy atom. The summed E-state index contributed by atoms with van der Waals surface area (Å²) >= 11 is 6.09. The smallest absolute Gasteiger partial charge is 0.319 e. The molecule has 0 atom stereocenters. The normalized spacial score (nSPS) is 14.2. The molecule has 0 bridgehead atoms. The summed E-state index contributed by atoms with van der Waals surface area (Å²) in [4.78, 5) is 25.9. The number of benzene rings is 2. The molecular weight excluding hydrogens is 350 g/mol. The number of anilines is 1. The van der Waals surface area contributed by atoms with Crippen LogP contribution in [0.3, 0.4) is 0 Å². The van der Waals surface area contributed by atoms with Crippen LogP contribution in [0.1, 0.15) is 30.4 Å². The predicted octanol–water partition coefficient (Wildman–Crippen LogP) is 4.17. The van der Waals surface area contributed by atoms with E-state index in [4.69, 9.17) is 11.6 Å². The first-order valence-corrected chi connectivity index (χ1v) is 9.14. The highest BCUT2D eigenvalue weighted by Crippen LogP contribution is 2.17. The van der Waals surface area contributed by atoms with Gasteiger partial charge >= 0.3 is 6.03 Å². The number of carbonyl (C=O) groups excluding carboxylic acids is 2. The van der Waals surface area contributed by atoms with Crippen LogP contribution in [0.2, 0.25) is 5.02 Å². The summed E-state index contributed by atoms with van der Waals surface area (Å²) in [6.07, 6.45) is 2.65. The van der Waals surface area contributed by atoms with E-state index in [1.807, 2.05) is 47.4 Å². The molecule has 136 valence electrons. The third-order valence-corrected chi connectivity index (χ3v) is 4.75. The maximum absolute atomic E-state index is 12.1. The van der Waals surface area contributed by atoms with E-state index in [0.29, 0.717) is 30.2 Å². The Labute approximate surface area is 158 Å². The number of rotatable bonds is 5. The number of hydrogen-bond donors (Lipinski definition) is 2. The van der Waals surface area contributed by atoms with Crippen LogP contribution in [0.4, 0.5) is 10.5 Å². The Balaban J connectivity index is 1.55. The largest absolute Gasteiger partial charge is 0.338 e. The predicted molar refractivity (Wildman–Crippen MR) is 103 cm³/mol. The maximum atomic E-state index is 12.1. The molecule has 3 rings (SSSR count). The molecule has 0 spiro atoms. The zero-order valence-corrected chi connectivity index (χ0v) is 15.3. The number of halogens is 1. The first-order valence-electron chi connectivity index (χ1n) is 8.77. The number of urea groups is 1. The van der Waals surface area contributed by atoms with E-state index < -0.39 is 0 Å². The van der Waals surface area contributed by atoms with Gasteiger partial charge in [0.25, 0.3) is 0 Å². The zero-order valence-electron chi connectivity index (χ0n) is 14.5. The average Bonchev–Trinajstić information content (AvgIpc) is 2.63. The van der Waals surface area contributed by atoms with Gasteiger partial charge in [-0.25, -0.2) is 4.79 Å². The van der Waals surface area contributed by atoms with Gasteiger partial charge in [-0.1, -0.05) is 41.9 Å². The highest BCUT2D eigenvalue weighted by molar-refractivity contribution is 6.31. The topological polar surface area (TPSA) is 61.4 Å². The third kappa shape index (κ3) is 4.99. The molecule has 26 heavy (non-hydrogen) atoms. The fourth-order valence-electron chi connectivity index (χ4n) is 2.99. The van der Waals surface area contributed by atoms with Crippen molar-refractivity contribution < 1.29 is 9.59 Å². The molecule has 5 nitrogen and oxygen atoms in total. The summed E-state index contributed by atoms with van der Waals surface area (Å²) in [5, 5.41) is 6.25. The van der Waals surface area contributed by atoms with E-state index >= 15 is 0 Å². The third-order valence-electron chi connectivity index (χ3n) is 4.38. The SMILES string of the molecule is O=C(NCc1ccccc1Cl)Nc1cccc(CN2CCCCC2=O)c1. The Morgan fingerprint density at radius 1 is 1.12 bits per heavy atom. The van der Waals surface area contributed by atoms with Gasteiger partial charge in [-0.2, -0.15) is 0 Å². The molecule has 0 unspecified atom stereocenters. The second-order valence-electron chi connectivity index (χ2n) is 6.37. The van der Waals surface area contributed by atoms with Gasteiger partial charge in [0.05, 0.1) is 0 Å². The van der Waals surface area contributed by atoms with Gasteiger partial charge in [-0.15, -0.1) is 0 Å². The highest BCUT2D eigenvalue weighted by atomic mass is 35.5.